The fraction of sp³-hybridized carbons (Fsp3) is 0.913. The van der Waals surface area contributed by atoms with E-state index in [1.807, 2.05) is 28.9 Å². The van der Waals surface area contributed by atoms with E-state index in [0.29, 0.717) is 55.0 Å². The number of allylic oxidation sites excluding steroid dienone is 7. The van der Waals surface area contributed by atoms with Gasteiger partial charge >= 0.3 is 6.09 Å². The fourth-order valence-electron chi connectivity index (χ4n) is 35.9. The fourth-order valence-corrected chi connectivity index (χ4v) is 38.7. The molecule has 0 aliphatic heterocycles. The first kappa shape index (κ1) is 98.5. The number of amides is 1. The predicted octanol–water partition coefficient (Wildman–Crippen LogP) is 34.5. The molecule has 4 nitrogen and oxygen atoms in total. The van der Waals surface area contributed by atoms with E-state index in [1.54, 1.807) is 18.2 Å². The van der Waals surface area contributed by atoms with Crippen LogP contribution in [0.1, 0.15) is 434 Å². The topological polar surface area (TPSA) is 55.4 Å². The minimum absolute atomic E-state index is 0.0576. The molecule has 0 aromatic heterocycles. The molecule has 12 fully saturated rings. The maximum absolute atomic E-state index is 12.4. The van der Waals surface area contributed by atoms with E-state index in [0.717, 1.165) is 185 Å². The van der Waals surface area contributed by atoms with E-state index in [2.05, 4.69) is 203 Å². The number of rotatable bonds is 26. The van der Waals surface area contributed by atoms with Gasteiger partial charge in [-0.2, -0.15) is 11.8 Å². The summed E-state index contributed by atoms with van der Waals surface area (Å²) in [7, 11) is 5.77. The van der Waals surface area contributed by atoms with Gasteiger partial charge in [-0.05, 0) is 397 Å². The Morgan fingerprint density at radius 2 is 0.672 bits per heavy atom. The summed E-state index contributed by atoms with van der Waals surface area (Å²) < 4.78 is 5.65. The number of alkyl carbamates (subject to hydrolysis) is 1. The summed E-state index contributed by atoms with van der Waals surface area (Å²) in [5.41, 5.74) is 11.2. The first-order valence-corrected chi connectivity index (χ1v) is 57.8. The molecule has 122 heavy (non-hydrogen) atoms. The number of fused-ring (bicyclic) bond motifs is 20. The Morgan fingerprint density at radius 3 is 0.984 bits per heavy atom. The zero-order chi connectivity index (χ0) is 87.8. The molecule has 12 saturated carbocycles. The third-order valence-corrected chi connectivity index (χ3v) is 46.3. The first-order chi connectivity index (χ1) is 58.0. The van der Waals surface area contributed by atoms with Crippen molar-refractivity contribution in [1.29, 1.82) is 0 Å². The number of carbonyl (C=O) groups excluding carboxylic acids is 2. The van der Waals surface area contributed by atoms with Gasteiger partial charge < -0.3 is 10.1 Å². The molecule has 1 N–H and O–H groups in total. The van der Waals surface area contributed by atoms with Gasteiger partial charge in [0, 0.05) is 36.3 Å². The number of ether oxygens (including phenoxy) is 1. The van der Waals surface area contributed by atoms with Crippen molar-refractivity contribution in [3.05, 3.63) is 46.6 Å². The van der Waals surface area contributed by atoms with E-state index in [1.165, 1.54) is 257 Å². The highest BCUT2D eigenvalue weighted by molar-refractivity contribution is 8.76. The van der Waals surface area contributed by atoms with Gasteiger partial charge in [-0.1, -0.05) is 291 Å². The van der Waals surface area contributed by atoms with Crippen LogP contribution in [-0.2, 0) is 9.53 Å². The highest BCUT2D eigenvalue weighted by Gasteiger charge is 2.65. The van der Waals surface area contributed by atoms with E-state index < -0.39 is 0 Å². The lowest BCUT2D eigenvalue weighted by atomic mass is 9.46. The molecule has 0 saturated heterocycles. The number of Topliss-reactive ketones (excluding diaryl/α,β-unsaturated/α-hetero) is 1. The molecule has 0 aromatic rings. The second kappa shape index (κ2) is 41.2. The summed E-state index contributed by atoms with van der Waals surface area (Å²) in [5, 5.41) is 4.38. The van der Waals surface area contributed by atoms with Crippen molar-refractivity contribution >= 4 is 45.2 Å². The minimum atomic E-state index is -0.277. The standard InChI is InChI=1S/C30H50O.C29H49NO2.C28H48S2.C28H48S/c1-7-28(31)22-15-17-29(5)23(19-22)11-12-24-26-14-13-25(21(4)10-8-9-20(2)3)30(26,6)18-16-27(24)29;1-19(2)8-7-9-20(3)24-12-13-25-23-11-10-21-18-22(32-27(31)30-6)14-16-28(21,4)26(23)15-17-29(24,25)5;1-19(2)8-7-9-20(3)24-12-13-25-23-11-10-21-18-22(30-29-6)14-16-27(21,4)26(23)15-17-28(24,25)5;1-19(2)8-7-9-20(3)24-12-13-25-23-11-10-21-18-22(29-6)14-16-27(21,4)26(23)15-17-28(24,25)5/h11,20-22,24-27H,7-10,12-19H2,1-6H3;10,19-20,22-26H,7-9,11-18H2,1-6H3,(H,30,31);10,19-20,22-26H,7-9,11-18H2,1-6H3;10,19-20,22-26H,7-9,11-18H2,1-6H3. The number of ketones is 1. The lowest BCUT2D eigenvalue weighted by Crippen LogP contribution is -2.51. The molecule has 0 spiro atoms. The van der Waals surface area contributed by atoms with E-state index in [9.17, 15) is 9.59 Å². The monoisotopic (exact) mass is 1730 g/mol. The largest absolute Gasteiger partial charge is 0.446 e. The summed E-state index contributed by atoms with van der Waals surface area (Å²) in [6, 6.07) is 0. The molecule has 16 rings (SSSR count). The van der Waals surface area contributed by atoms with Crippen LogP contribution in [0.25, 0.3) is 0 Å². The molecule has 1 amide bonds. The molecule has 0 heterocycles. The molecular formula is C115H195NO3S3. The average molecular weight is 1740 g/mol. The van der Waals surface area contributed by atoms with Crippen LogP contribution in [0.15, 0.2) is 46.6 Å². The van der Waals surface area contributed by atoms with Crippen LogP contribution in [-0.4, -0.2) is 48.0 Å². The Bertz CT molecular complexity index is 3540. The average Bonchev–Trinajstić information content (AvgIpc) is 1.44. The third kappa shape index (κ3) is 20.0. The van der Waals surface area contributed by atoms with Crippen molar-refractivity contribution in [2.24, 2.45) is 191 Å². The SMILES string of the molecule is CCC(=O)C1CCC2(C)C(=CCC3C2CCC2(C)C(C(C)CCCC(C)C)CCC32)C1.CNC(=O)OC1CCC2(C)C(=CCC3C2CCC2(C)C(C(C)CCCC(C)C)CCC32)C1.CSC1CCC2(C)C(=CCC3C2CCC2(C)C(C(C)CCCC(C)C)CCC32)C1.CSSC1CCC2(C)C(=CCC3C2CCC2(C)C(C(C)CCCC(C)C)CCC32)C1. The van der Waals surface area contributed by atoms with Crippen LogP contribution in [0.4, 0.5) is 4.79 Å². The maximum Gasteiger partial charge on any atom is 0.407 e. The van der Waals surface area contributed by atoms with Gasteiger partial charge in [0.1, 0.15) is 11.9 Å². The van der Waals surface area contributed by atoms with Gasteiger partial charge in [0.2, 0.25) is 0 Å². The molecule has 0 bridgehead atoms. The molecule has 16 aliphatic rings. The number of hydrogen-bond acceptors (Lipinski definition) is 6. The molecule has 0 radical (unpaired) electrons. The van der Waals surface area contributed by atoms with Crippen molar-refractivity contribution in [1.82, 2.24) is 5.32 Å². The smallest absolute Gasteiger partial charge is 0.407 e. The van der Waals surface area contributed by atoms with Crippen molar-refractivity contribution in [3.8, 4) is 0 Å². The Kier molecular flexibility index (Phi) is 33.3. The van der Waals surface area contributed by atoms with Gasteiger partial charge in [-0.25, -0.2) is 4.79 Å². The van der Waals surface area contributed by atoms with E-state index in [4.69, 9.17) is 4.74 Å². The molecular weight excluding hydrogens is 1540 g/mol. The predicted molar refractivity (Wildman–Crippen MR) is 532 cm³/mol. The Hall–Kier alpha value is -1.05. The molecule has 16 aliphatic carbocycles. The van der Waals surface area contributed by atoms with Crippen LogP contribution in [0, 0.1) is 191 Å². The highest BCUT2D eigenvalue weighted by atomic mass is 33.1. The minimum Gasteiger partial charge on any atom is -0.446 e. The quantitative estimate of drug-likeness (QED) is 0.0688. The normalized spacial score (nSPS) is 43.6. The molecule has 32 unspecified atom stereocenters. The van der Waals surface area contributed by atoms with Crippen molar-refractivity contribution in [2.75, 3.05) is 19.6 Å². The maximum atomic E-state index is 12.4. The summed E-state index contributed by atoms with van der Waals surface area (Å²) in [5.74, 6) is 23.0. The second-order valence-electron chi connectivity index (χ2n) is 50.7. The van der Waals surface area contributed by atoms with Gasteiger partial charge in [0.25, 0.3) is 0 Å². The second-order valence-corrected chi connectivity index (χ2v) is 54.6. The van der Waals surface area contributed by atoms with Crippen LogP contribution in [0.2, 0.25) is 0 Å². The van der Waals surface area contributed by atoms with Gasteiger partial charge in [0.15, 0.2) is 0 Å². The summed E-state index contributed by atoms with van der Waals surface area (Å²) >= 11 is 2.12. The van der Waals surface area contributed by atoms with Gasteiger partial charge in [-0.15, -0.1) is 0 Å². The van der Waals surface area contributed by atoms with Crippen molar-refractivity contribution in [2.45, 2.75) is 451 Å². The number of nitrogens with one attached hydrogen (secondary N) is 1. The lowest BCUT2D eigenvalue weighted by molar-refractivity contribution is -0.124. The Morgan fingerprint density at radius 1 is 0.369 bits per heavy atom. The van der Waals surface area contributed by atoms with Crippen LogP contribution >= 0.6 is 33.3 Å². The van der Waals surface area contributed by atoms with Crippen LogP contribution < -0.4 is 5.32 Å². The molecule has 0 aromatic carbocycles. The van der Waals surface area contributed by atoms with Crippen LogP contribution in [0.3, 0.4) is 0 Å². The van der Waals surface area contributed by atoms with Gasteiger partial charge in [0.05, 0.1) is 0 Å². The van der Waals surface area contributed by atoms with Crippen molar-refractivity contribution < 1.29 is 14.3 Å². The number of carbonyl (C=O) groups is 2. The summed E-state index contributed by atoms with van der Waals surface area (Å²) in [4.78, 5) is 24.1. The van der Waals surface area contributed by atoms with Crippen molar-refractivity contribution in [3.63, 3.8) is 0 Å². The Labute approximate surface area is 767 Å². The Balaban J connectivity index is 0.000000140. The summed E-state index contributed by atoms with van der Waals surface area (Å²) in [6.07, 6.45) is 77.3. The molecule has 32 atom stereocenters. The molecule has 696 valence electrons. The lowest BCUT2D eigenvalue weighted by Gasteiger charge is -2.58. The van der Waals surface area contributed by atoms with Crippen LogP contribution in [0.5, 0.6) is 0 Å². The summed E-state index contributed by atoms with van der Waals surface area (Å²) in [6.45, 7) is 52.8. The van der Waals surface area contributed by atoms with Gasteiger partial charge in [-0.3, -0.25) is 4.79 Å². The zero-order valence-corrected chi connectivity index (χ0v) is 86.7. The molecule has 7 heteroatoms. The zero-order valence-electron chi connectivity index (χ0n) is 84.2. The highest BCUT2D eigenvalue weighted by Crippen LogP contribution is 2.73. The number of thioether (sulfide) groups is 1. The van der Waals surface area contributed by atoms with E-state index >= 15 is 0 Å². The van der Waals surface area contributed by atoms with E-state index in [-0.39, 0.29) is 12.2 Å². The number of hydrogen-bond donors (Lipinski definition) is 1. The first-order valence-electron chi connectivity index (χ1n) is 53.9. The third-order valence-electron chi connectivity index (χ3n) is 42.9.